The molecule has 2 heterocycles. The van der Waals surface area contributed by atoms with Gasteiger partial charge in [-0.3, -0.25) is 9.59 Å². The van der Waals surface area contributed by atoms with Gasteiger partial charge in [0.1, 0.15) is 4.21 Å². The van der Waals surface area contributed by atoms with Crippen LogP contribution in [0.2, 0.25) is 9.36 Å². The molecular formula is C27H29Cl2N5O6S2. The highest BCUT2D eigenvalue weighted by Gasteiger charge is 2.33. The molecule has 1 aliphatic heterocycles. The lowest BCUT2D eigenvalue weighted by Crippen LogP contribution is -2.42. The Balaban J connectivity index is 1.39. The second-order valence-electron chi connectivity index (χ2n) is 9.44. The van der Waals surface area contributed by atoms with Crippen LogP contribution in [-0.2, 0) is 26.0 Å². The van der Waals surface area contributed by atoms with Crippen molar-refractivity contribution in [2.75, 3.05) is 55.9 Å². The number of amides is 4. The first kappa shape index (κ1) is 31.7. The van der Waals surface area contributed by atoms with E-state index >= 15 is 0 Å². The number of methoxy groups -OCH3 is 1. The van der Waals surface area contributed by atoms with E-state index < -0.39 is 27.9 Å². The van der Waals surface area contributed by atoms with Crippen LogP contribution in [0.1, 0.15) is 22.3 Å². The highest BCUT2D eigenvalue weighted by molar-refractivity contribution is 7.92. The molecule has 4 amide bonds. The molecule has 0 saturated heterocycles. The van der Waals surface area contributed by atoms with Crippen LogP contribution in [0.3, 0.4) is 0 Å². The monoisotopic (exact) mass is 653 g/mol. The van der Waals surface area contributed by atoms with Crippen molar-refractivity contribution in [1.82, 2.24) is 9.62 Å². The highest BCUT2D eigenvalue weighted by atomic mass is 35.5. The molecule has 0 bridgehead atoms. The van der Waals surface area contributed by atoms with Crippen LogP contribution in [0.25, 0.3) is 0 Å². The van der Waals surface area contributed by atoms with Gasteiger partial charge >= 0.3 is 6.03 Å². The molecule has 0 aliphatic carbocycles. The molecule has 224 valence electrons. The fraction of sp³-hybridized carbons (Fsp3) is 0.296. The van der Waals surface area contributed by atoms with Gasteiger partial charge in [0.25, 0.3) is 15.9 Å². The van der Waals surface area contributed by atoms with E-state index in [4.69, 9.17) is 27.9 Å². The van der Waals surface area contributed by atoms with E-state index in [1.54, 1.807) is 25.3 Å². The van der Waals surface area contributed by atoms with Gasteiger partial charge in [0.2, 0.25) is 5.91 Å². The van der Waals surface area contributed by atoms with Crippen molar-refractivity contribution in [2.24, 2.45) is 0 Å². The lowest BCUT2D eigenvalue weighted by Gasteiger charge is -2.28. The summed E-state index contributed by atoms with van der Waals surface area (Å²) in [5, 5.41) is 5.72. The average molecular weight is 655 g/mol. The number of hydrogen-bond acceptors (Lipinski definition) is 9. The zero-order valence-corrected chi connectivity index (χ0v) is 25.9. The quantitative estimate of drug-likeness (QED) is 0.189. The first-order valence-electron chi connectivity index (χ1n) is 12.8. The molecule has 0 spiro atoms. The summed E-state index contributed by atoms with van der Waals surface area (Å²) >= 11 is 13.0. The van der Waals surface area contributed by atoms with Crippen LogP contribution in [-0.4, -0.2) is 71.6 Å². The Labute approximate surface area is 257 Å². The van der Waals surface area contributed by atoms with E-state index in [1.807, 2.05) is 11.8 Å². The molecule has 1 aromatic heterocycles. The summed E-state index contributed by atoms with van der Waals surface area (Å²) in [6.45, 7) is 3.14. The number of urea groups is 1. The SMILES string of the molecule is COCCCN(C)CCNc1ccc2c(c1)CC(=O)N(c1ccc(NC(=O)NS(=O)(=O)c3ccc(Cl)s3)cc1Cl)C2=O. The Bertz CT molecular complexity index is 1600. The summed E-state index contributed by atoms with van der Waals surface area (Å²) in [6.07, 6.45) is 0.943. The number of nitrogens with one attached hydrogen (secondary N) is 3. The molecule has 4 rings (SSSR count). The predicted molar refractivity (Wildman–Crippen MR) is 165 cm³/mol. The third kappa shape index (κ3) is 7.79. The van der Waals surface area contributed by atoms with E-state index in [2.05, 4.69) is 15.5 Å². The fourth-order valence-corrected chi connectivity index (χ4v) is 6.95. The minimum absolute atomic E-state index is 0.00313. The van der Waals surface area contributed by atoms with Crippen LogP contribution in [0.15, 0.2) is 52.7 Å². The first-order chi connectivity index (χ1) is 20.0. The standard InChI is InChI=1S/C27H29Cl2N5O6S2/c1-33(11-3-13-40-2)12-10-30-18-4-6-20-17(14-18)15-24(35)34(26(20)36)22-7-5-19(16-21(22)28)31-27(37)32-42(38,39)25-9-8-23(29)41-25/h4-9,14,16,30H,3,10-13,15H2,1-2H3,(H2,31,32,37). The number of halogens is 2. The molecule has 0 atom stereocenters. The summed E-state index contributed by atoms with van der Waals surface area (Å²) in [5.41, 5.74) is 2.09. The van der Waals surface area contributed by atoms with Gasteiger partial charge in [-0.05, 0) is 67.6 Å². The van der Waals surface area contributed by atoms with Gasteiger partial charge in [-0.2, -0.15) is 0 Å². The number of nitrogens with zero attached hydrogens (tertiary/aromatic N) is 2. The molecule has 15 heteroatoms. The Morgan fingerprint density at radius 2 is 1.83 bits per heavy atom. The van der Waals surface area contributed by atoms with Crippen LogP contribution in [0.4, 0.5) is 21.9 Å². The summed E-state index contributed by atoms with van der Waals surface area (Å²) in [5.74, 6) is -0.977. The van der Waals surface area contributed by atoms with Crippen LogP contribution in [0, 0.1) is 0 Å². The molecule has 3 aromatic rings. The van der Waals surface area contributed by atoms with Crippen molar-refractivity contribution < 1.29 is 27.5 Å². The van der Waals surface area contributed by atoms with Crippen molar-refractivity contribution >= 4 is 79.5 Å². The Kier molecular flexibility index (Phi) is 10.5. The molecular weight excluding hydrogens is 625 g/mol. The van der Waals surface area contributed by atoms with Crippen LogP contribution >= 0.6 is 34.5 Å². The Morgan fingerprint density at radius 3 is 2.52 bits per heavy atom. The molecule has 0 fully saturated rings. The topological polar surface area (TPSA) is 137 Å². The summed E-state index contributed by atoms with van der Waals surface area (Å²) < 4.78 is 31.8. The number of ether oxygens (including phenoxy) is 1. The first-order valence-corrected chi connectivity index (χ1v) is 15.8. The van der Waals surface area contributed by atoms with Gasteiger partial charge < -0.3 is 20.3 Å². The van der Waals surface area contributed by atoms with Gasteiger partial charge in [0, 0.05) is 50.3 Å². The molecule has 3 N–H and O–H groups in total. The number of anilines is 3. The molecule has 1 aliphatic rings. The van der Waals surface area contributed by atoms with Crippen molar-refractivity contribution in [3.63, 3.8) is 0 Å². The highest BCUT2D eigenvalue weighted by Crippen LogP contribution is 2.34. The predicted octanol–water partition coefficient (Wildman–Crippen LogP) is 4.68. The molecule has 2 aromatic carbocycles. The number of rotatable bonds is 12. The van der Waals surface area contributed by atoms with Crippen molar-refractivity contribution in [3.8, 4) is 0 Å². The summed E-state index contributed by atoms with van der Waals surface area (Å²) in [7, 11) is -0.408. The van der Waals surface area contributed by atoms with Crippen molar-refractivity contribution in [3.05, 3.63) is 69.0 Å². The van der Waals surface area contributed by atoms with E-state index in [9.17, 15) is 22.8 Å². The van der Waals surface area contributed by atoms with Gasteiger partial charge in [-0.1, -0.05) is 23.2 Å². The van der Waals surface area contributed by atoms with Crippen LogP contribution < -0.4 is 20.3 Å². The minimum atomic E-state index is -4.12. The van der Waals surface area contributed by atoms with Gasteiger partial charge in [0.05, 0.1) is 21.5 Å². The van der Waals surface area contributed by atoms with Gasteiger partial charge in [-0.25, -0.2) is 22.8 Å². The normalized spacial score (nSPS) is 13.3. The van der Waals surface area contributed by atoms with E-state index in [0.717, 1.165) is 41.4 Å². The number of sulfonamides is 1. The largest absolute Gasteiger partial charge is 0.385 e. The van der Waals surface area contributed by atoms with Crippen molar-refractivity contribution in [2.45, 2.75) is 17.1 Å². The maximum Gasteiger partial charge on any atom is 0.333 e. The minimum Gasteiger partial charge on any atom is -0.385 e. The number of thiophene rings is 1. The summed E-state index contributed by atoms with van der Waals surface area (Å²) in [6, 6.07) is 11.1. The van der Waals surface area contributed by atoms with Gasteiger partial charge in [-0.15, -0.1) is 11.3 Å². The second-order valence-corrected chi connectivity index (χ2v) is 13.5. The average Bonchev–Trinajstić information content (AvgIpc) is 3.37. The van der Waals surface area contributed by atoms with Crippen molar-refractivity contribution in [1.29, 1.82) is 0 Å². The molecule has 0 unspecified atom stereocenters. The number of hydrogen-bond donors (Lipinski definition) is 3. The lowest BCUT2D eigenvalue weighted by molar-refractivity contribution is -0.117. The molecule has 0 saturated carbocycles. The zero-order chi connectivity index (χ0) is 30.4. The molecule has 0 radical (unpaired) electrons. The number of likely N-dealkylation sites (N-methyl/N-ethyl adjacent to an activating group) is 1. The number of fused-ring (bicyclic) bond motifs is 1. The lowest BCUT2D eigenvalue weighted by atomic mass is 9.97. The zero-order valence-electron chi connectivity index (χ0n) is 22.8. The Hall–Kier alpha value is -3.20. The summed E-state index contributed by atoms with van der Waals surface area (Å²) in [4.78, 5) is 41.9. The van der Waals surface area contributed by atoms with E-state index in [1.165, 1.54) is 30.3 Å². The molecule has 42 heavy (non-hydrogen) atoms. The van der Waals surface area contributed by atoms with E-state index in [-0.39, 0.29) is 31.4 Å². The van der Waals surface area contributed by atoms with Gasteiger partial charge in [0.15, 0.2) is 0 Å². The maximum absolute atomic E-state index is 13.3. The molecule has 11 nitrogen and oxygen atoms in total. The number of benzene rings is 2. The van der Waals surface area contributed by atoms with Crippen LogP contribution in [0.5, 0.6) is 0 Å². The number of imide groups is 1. The smallest absolute Gasteiger partial charge is 0.333 e. The number of carbonyl (C=O) groups excluding carboxylic acids is 3. The fourth-order valence-electron chi connectivity index (χ4n) is 4.30. The second kappa shape index (κ2) is 13.8. The Morgan fingerprint density at radius 1 is 1.07 bits per heavy atom. The van der Waals surface area contributed by atoms with E-state index in [0.29, 0.717) is 24.3 Å². The maximum atomic E-state index is 13.3. The third-order valence-corrected chi connectivity index (χ3v) is 9.68. The number of carbonyl (C=O) groups is 3. The third-order valence-electron chi connectivity index (χ3n) is 6.33.